The fourth-order valence-electron chi connectivity index (χ4n) is 1.95. The molecule has 0 atom stereocenters. The summed E-state index contributed by atoms with van der Waals surface area (Å²) in [5, 5.41) is 3.25. The van der Waals surface area contributed by atoms with Crippen LogP contribution in [0.5, 0.6) is 0 Å². The lowest BCUT2D eigenvalue weighted by atomic mass is 10.2. The fraction of sp³-hybridized carbons (Fsp3) is 0.462. The molecule has 1 aromatic rings. The summed E-state index contributed by atoms with van der Waals surface area (Å²) in [4.78, 5) is 2.01. The number of hydrogen-bond donors (Lipinski definition) is 1. The molecule has 0 saturated carbocycles. The molecule has 1 fully saturated rings. The van der Waals surface area contributed by atoms with Crippen molar-refractivity contribution in [2.75, 3.05) is 40.3 Å². The summed E-state index contributed by atoms with van der Waals surface area (Å²) in [6.07, 6.45) is 0. The molecule has 0 aromatic heterocycles. The van der Waals surface area contributed by atoms with Crippen LogP contribution in [0.25, 0.3) is 0 Å². The van der Waals surface area contributed by atoms with Gasteiger partial charge in [0.05, 0.1) is 0 Å². The van der Waals surface area contributed by atoms with Crippen molar-refractivity contribution in [2.24, 2.45) is 4.40 Å². The molecule has 7 heteroatoms. The van der Waals surface area contributed by atoms with Gasteiger partial charge >= 0.3 is 10.2 Å². The third kappa shape index (κ3) is 3.56. The number of hydrogen-bond acceptors (Lipinski definition) is 3. The molecular weight excluding hydrogens is 276 g/mol. The Morgan fingerprint density at radius 1 is 1.20 bits per heavy atom. The van der Waals surface area contributed by atoms with Crippen LogP contribution in [-0.2, 0) is 10.2 Å². The maximum absolute atomic E-state index is 12.1. The Balaban J connectivity index is 2.41. The van der Waals surface area contributed by atoms with Gasteiger partial charge in [0.15, 0.2) is 0 Å². The zero-order chi connectivity index (χ0) is 14.6. The van der Waals surface area contributed by atoms with Crippen LogP contribution < -0.4 is 5.32 Å². The van der Waals surface area contributed by atoms with E-state index in [1.54, 1.807) is 0 Å². The Kier molecular flexibility index (Phi) is 4.74. The molecular formula is C13H20N4O2S. The Labute approximate surface area is 120 Å². The minimum absolute atomic E-state index is 0.515. The highest BCUT2D eigenvalue weighted by molar-refractivity contribution is 7.87. The largest absolute Gasteiger partial charge is 0.353 e. The summed E-state index contributed by atoms with van der Waals surface area (Å²) in [5.74, 6) is 0.515. The smallest absolute Gasteiger partial charge is 0.323 e. The number of amidine groups is 1. The lowest BCUT2D eigenvalue weighted by Crippen LogP contribution is -2.47. The number of rotatable bonds is 3. The molecule has 1 aliphatic rings. The summed E-state index contributed by atoms with van der Waals surface area (Å²) in [5.41, 5.74) is 0.819. The van der Waals surface area contributed by atoms with Crippen LogP contribution in [0.1, 0.15) is 5.56 Å². The molecule has 0 aliphatic carbocycles. The minimum atomic E-state index is -3.64. The third-order valence-electron chi connectivity index (χ3n) is 3.11. The van der Waals surface area contributed by atoms with Gasteiger partial charge in [0, 0.05) is 45.8 Å². The van der Waals surface area contributed by atoms with Gasteiger partial charge in [0.2, 0.25) is 0 Å². The first-order valence-corrected chi connectivity index (χ1v) is 7.94. The zero-order valence-corrected chi connectivity index (χ0v) is 12.6. The van der Waals surface area contributed by atoms with Gasteiger partial charge in [-0.2, -0.15) is 12.7 Å². The van der Waals surface area contributed by atoms with E-state index in [1.165, 1.54) is 14.1 Å². The molecule has 110 valence electrons. The number of benzene rings is 1. The van der Waals surface area contributed by atoms with Crippen molar-refractivity contribution in [3.05, 3.63) is 35.9 Å². The Morgan fingerprint density at radius 3 is 2.35 bits per heavy atom. The van der Waals surface area contributed by atoms with Gasteiger partial charge in [-0.05, 0) is 0 Å². The summed E-state index contributed by atoms with van der Waals surface area (Å²) < 4.78 is 29.2. The van der Waals surface area contributed by atoms with E-state index in [0.717, 1.165) is 36.0 Å². The molecule has 1 heterocycles. The summed E-state index contributed by atoms with van der Waals surface area (Å²) in [6.45, 7) is 3.15. The summed E-state index contributed by atoms with van der Waals surface area (Å²) in [7, 11) is -0.665. The highest BCUT2D eigenvalue weighted by Crippen LogP contribution is 2.10. The van der Waals surface area contributed by atoms with E-state index in [2.05, 4.69) is 9.71 Å². The molecule has 0 unspecified atom stereocenters. The van der Waals surface area contributed by atoms with Crippen LogP contribution >= 0.6 is 0 Å². The lowest BCUT2D eigenvalue weighted by molar-refractivity contribution is 0.358. The highest BCUT2D eigenvalue weighted by atomic mass is 32.2. The van der Waals surface area contributed by atoms with Crippen molar-refractivity contribution in [2.45, 2.75) is 0 Å². The minimum Gasteiger partial charge on any atom is -0.353 e. The average Bonchev–Trinajstić information content (AvgIpc) is 2.46. The number of nitrogens with one attached hydrogen (secondary N) is 1. The second-order valence-electron chi connectivity index (χ2n) is 4.78. The predicted molar refractivity (Wildman–Crippen MR) is 80.0 cm³/mol. The monoisotopic (exact) mass is 296 g/mol. The lowest BCUT2D eigenvalue weighted by Gasteiger charge is -2.30. The van der Waals surface area contributed by atoms with Crippen molar-refractivity contribution < 1.29 is 8.42 Å². The van der Waals surface area contributed by atoms with Crippen LogP contribution in [0.3, 0.4) is 0 Å². The van der Waals surface area contributed by atoms with Crippen molar-refractivity contribution in [1.82, 2.24) is 14.5 Å². The summed E-state index contributed by atoms with van der Waals surface area (Å²) >= 11 is 0. The number of piperazine rings is 1. The molecule has 0 radical (unpaired) electrons. The molecule has 1 N–H and O–H groups in total. The van der Waals surface area contributed by atoms with Gasteiger partial charge in [-0.1, -0.05) is 30.3 Å². The molecule has 0 bridgehead atoms. The van der Waals surface area contributed by atoms with Gasteiger partial charge in [0.1, 0.15) is 5.84 Å². The maximum Gasteiger partial charge on any atom is 0.323 e. The van der Waals surface area contributed by atoms with Crippen molar-refractivity contribution in [1.29, 1.82) is 0 Å². The van der Waals surface area contributed by atoms with Crippen molar-refractivity contribution in [3.8, 4) is 0 Å². The SMILES string of the molecule is CN(C)S(=O)(=O)/N=C(\c1ccccc1)N1CCNCC1. The highest BCUT2D eigenvalue weighted by Gasteiger charge is 2.21. The van der Waals surface area contributed by atoms with Crippen molar-refractivity contribution >= 4 is 16.0 Å². The van der Waals surface area contributed by atoms with Crippen LogP contribution in [-0.4, -0.2) is 63.7 Å². The van der Waals surface area contributed by atoms with E-state index >= 15 is 0 Å². The van der Waals surface area contributed by atoms with Crippen molar-refractivity contribution in [3.63, 3.8) is 0 Å². The molecule has 20 heavy (non-hydrogen) atoms. The molecule has 1 saturated heterocycles. The Bertz CT molecular complexity index is 563. The molecule has 2 rings (SSSR count). The van der Waals surface area contributed by atoms with E-state index in [4.69, 9.17) is 0 Å². The Morgan fingerprint density at radius 2 is 1.80 bits per heavy atom. The quantitative estimate of drug-likeness (QED) is 0.637. The third-order valence-corrected chi connectivity index (χ3v) is 4.44. The Hall–Kier alpha value is -1.44. The zero-order valence-electron chi connectivity index (χ0n) is 11.8. The predicted octanol–water partition coefficient (Wildman–Crippen LogP) is 0.145. The first-order chi connectivity index (χ1) is 9.50. The van der Waals surface area contributed by atoms with Gasteiger partial charge < -0.3 is 10.2 Å². The van der Waals surface area contributed by atoms with Gasteiger partial charge in [-0.3, -0.25) is 0 Å². The van der Waals surface area contributed by atoms with Crippen LogP contribution in [0.15, 0.2) is 34.7 Å². The van der Waals surface area contributed by atoms with E-state index in [-0.39, 0.29) is 0 Å². The standard InChI is InChI=1S/C13H20N4O2S/c1-16(2)20(18,19)15-13(12-6-4-3-5-7-12)17-10-8-14-9-11-17/h3-7,14H,8-11H2,1-2H3/b15-13+. The van der Waals surface area contributed by atoms with Gasteiger partial charge in [-0.15, -0.1) is 4.40 Å². The topological polar surface area (TPSA) is 65.0 Å². The molecule has 0 spiro atoms. The normalized spacial score (nSPS) is 17.6. The van der Waals surface area contributed by atoms with E-state index in [9.17, 15) is 8.42 Å². The van der Waals surface area contributed by atoms with Gasteiger partial charge in [0.25, 0.3) is 0 Å². The second-order valence-corrected chi connectivity index (χ2v) is 6.59. The second kappa shape index (κ2) is 6.34. The van der Waals surface area contributed by atoms with Crippen LogP contribution in [0.2, 0.25) is 0 Å². The average molecular weight is 296 g/mol. The number of nitrogens with zero attached hydrogens (tertiary/aromatic N) is 3. The molecule has 6 nitrogen and oxygen atoms in total. The van der Waals surface area contributed by atoms with Gasteiger partial charge in [-0.25, -0.2) is 0 Å². The molecule has 1 aromatic carbocycles. The van der Waals surface area contributed by atoms with E-state index in [1.807, 2.05) is 35.2 Å². The maximum atomic E-state index is 12.1. The molecule has 1 aliphatic heterocycles. The van der Waals surface area contributed by atoms with E-state index < -0.39 is 10.2 Å². The van der Waals surface area contributed by atoms with E-state index in [0.29, 0.717) is 5.84 Å². The first-order valence-electron chi connectivity index (χ1n) is 6.54. The summed E-state index contributed by atoms with van der Waals surface area (Å²) in [6, 6.07) is 9.43. The van der Waals surface area contributed by atoms with Crippen LogP contribution in [0.4, 0.5) is 0 Å². The first kappa shape index (κ1) is 15.0. The van der Waals surface area contributed by atoms with Crippen LogP contribution in [0, 0.1) is 0 Å². The molecule has 0 amide bonds. The fourth-order valence-corrected chi connectivity index (χ4v) is 2.55.